The molecule has 2 aliphatic rings. The molecule has 2 aliphatic carbocycles. The molecule has 0 aliphatic heterocycles. The van der Waals surface area contributed by atoms with E-state index < -0.39 is 20.4 Å². The number of fused-ring (bicyclic) bond motifs is 1. The van der Waals surface area contributed by atoms with Crippen LogP contribution in [0.1, 0.15) is 41.9 Å². The van der Waals surface area contributed by atoms with E-state index in [0.717, 1.165) is 3.63 Å². The van der Waals surface area contributed by atoms with Gasteiger partial charge >= 0.3 is 144 Å². The first-order valence-corrected chi connectivity index (χ1v) is 17.1. The molecule has 0 fully saturated rings. The minimum absolute atomic E-state index is 0. The molecule has 0 radical (unpaired) electrons. The second-order valence-corrected chi connectivity index (χ2v) is 25.3. The van der Waals surface area contributed by atoms with E-state index in [9.17, 15) is 0 Å². The molecule has 1 aromatic carbocycles. The molecular weight excluding hydrogens is 430 g/mol. The van der Waals surface area contributed by atoms with E-state index in [1.165, 1.54) is 12.0 Å². The van der Waals surface area contributed by atoms with Crippen molar-refractivity contribution in [1.82, 2.24) is 0 Å². The Morgan fingerprint density at radius 3 is 2.29 bits per heavy atom. The maximum absolute atomic E-state index is 2.68. The van der Waals surface area contributed by atoms with Crippen molar-refractivity contribution in [3.05, 3.63) is 63.0 Å². The van der Waals surface area contributed by atoms with E-state index in [1.807, 2.05) is 3.28 Å². The molecule has 0 bridgehead atoms. The molecule has 0 saturated heterocycles. The summed E-state index contributed by atoms with van der Waals surface area (Å²) in [5, 5.41) is 0. The molecule has 0 N–H and O–H groups in total. The van der Waals surface area contributed by atoms with Crippen molar-refractivity contribution < 1.29 is 20.4 Å². The molecule has 0 nitrogen and oxygen atoms in total. The summed E-state index contributed by atoms with van der Waals surface area (Å²) in [5.41, 5.74) is 4.80. The van der Waals surface area contributed by atoms with Gasteiger partial charge in [-0.1, -0.05) is 0 Å². The summed E-state index contributed by atoms with van der Waals surface area (Å²) in [5.74, 6) is 0. The van der Waals surface area contributed by atoms with E-state index in [1.54, 1.807) is 11.1 Å². The van der Waals surface area contributed by atoms with Gasteiger partial charge in [0.2, 0.25) is 0 Å². The van der Waals surface area contributed by atoms with Crippen LogP contribution in [0.15, 0.2) is 51.9 Å². The molecule has 3 rings (SSSR count). The van der Waals surface area contributed by atoms with Gasteiger partial charge in [0, 0.05) is 0 Å². The van der Waals surface area contributed by atoms with Crippen LogP contribution in [0.25, 0.3) is 5.57 Å². The van der Waals surface area contributed by atoms with E-state index >= 15 is 0 Å². The molecule has 0 saturated carbocycles. The summed E-state index contributed by atoms with van der Waals surface area (Å²) in [6, 6.07) is 9.21. The Balaban J connectivity index is 0.00000144. The van der Waals surface area contributed by atoms with Crippen LogP contribution in [0.3, 0.4) is 0 Å². The molecule has 0 spiro atoms. The Hall–Kier alpha value is 0.120. The van der Waals surface area contributed by atoms with Crippen LogP contribution in [0, 0.1) is 5.41 Å². The molecule has 1 atom stereocenters. The molecular formula is C20H28Cl2SiZr. The number of allylic oxidation sites excluding steroid dienone is 6. The van der Waals surface area contributed by atoms with Crippen molar-refractivity contribution in [2.45, 2.75) is 43.9 Å². The smallest absolute Gasteiger partial charge is 0.147 e. The number of benzene rings is 1. The number of halogens is 2. The first-order chi connectivity index (χ1) is 10.4. The number of rotatable bonds is 2. The van der Waals surface area contributed by atoms with Crippen LogP contribution in [0.5, 0.6) is 0 Å². The van der Waals surface area contributed by atoms with Crippen molar-refractivity contribution in [3.8, 4) is 0 Å². The molecule has 1 unspecified atom stereocenters. The summed E-state index contributed by atoms with van der Waals surface area (Å²) in [4.78, 5) is 0. The Labute approximate surface area is 167 Å². The second kappa shape index (κ2) is 8.67. The third-order valence-corrected chi connectivity index (χ3v) is 22.8. The van der Waals surface area contributed by atoms with Crippen LogP contribution in [0.2, 0.25) is 13.1 Å². The minimum atomic E-state index is -1.62. The zero-order chi connectivity index (χ0) is 15.9. The van der Waals surface area contributed by atoms with Crippen molar-refractivity contribution in [3.63, 3.8) is 0 Å². The quantitative estimate of drug-likeness (QED) is 0.431. The summed E-state index contributed by atoms with van der Waals surface area (Å²) >= 11 is -1.62. The van der Waals surface area contributed by atoms with Gasteiger partial charge in [-0.25, -0.2) is 0 Å². The van der Waals surface area contributed by atoms with Crippen molar-refractivity contribution in [2.75, 3.05) is 0 Å². The maximum atomic E-state index is 2.68. The standard InChI is InChI=1S/C13H15.C5H5.C2H6Si.2ClH.Zr/c1-13(2,3)12-9-8-10-6-4-5-7-11(10)12;1-2-4-5-3-1;1-3-2;;;/h4-9H,1-3H3;1-3H,4H2;1-2H3;2*1H;. The summed E-state index contributed by atoms with van der Waals surface area (Å²) in [6.07, 6.45) is 11.0. The van der Waals surface area contributed by atoms with Gasteiger partial charge in [0.25, 0.3) is 0 Å². The molecule has 130 valence electrons. The first-order valence-electron chi connectivity index (χ1n) is 8.24. The Morgan fingerprint density at radius 1 is 1.08 bits per heavy atom. The van der Waals surface area contributed by atoms with Gasteiger partial charge in [-0.05, 0) is 0 Å². The summed E-state index contributed by atoms with van der Waals surface area (Å²) < 4.78 is 2.61. The SMILES string of the molecule is C[Si](C)=[Zr]([C]1=CC=CC1)[CH]1C=C(C(C)(C)C)c2ccccc21.Cl.Cl. The van der Waals surface area contributed by atoms with Crippen LogP contribution >= 0.6 is 24.8 Å². The van der Waals surface area contributed by atoms with Crippen molar-refractivity contribution in [1.29, 1.82) is 0 Å². The Morgan fingerprint density at radius 2 is 1.75 bits per heavy atom. The molecule has 0 heterocycles. The average molecular weight is 459 g/mol. The van der Waals surface area contributed by atoms with Crippen LogP contribution in [-0.4, -0.2) is 5.43 Å². The molecule has 4 heteroatoms. The third-order valence-electron chi connectivity index (χ3n) is 4.69. The average Bonchev–Trinajstić information content (AvgIpc) is 3.07. The zero-order valence-corrected chi connectivity index (χ0v) is 20.3. The topological polar surface area (TPSA) is 0 Å². The van der Waals surface area contributed by atoms with Gasteiger partial charge in [-0.3, -0.25) is 0 Å². The van der Waals surface area contributed by atoms with Gasteiger partial charge in [-0.15, -0.1) is 24.8 Å². The maximum Gasteiger partial charge on any atom is -0.147 e. The van der Waals surface area contributed by atoms with E-state index in [2.05, 4.69) is 82.4 Å². The predicted molar refractivity (Wildman–Crippen MR) is 110 cm³/mol. The number of hydrogen-bond donors (Lipinski definition) is 0. The van der Waals surface area contributed by atoms with Crippen LogP contribution in [0.4, 0.5) is 0 Å². The largest absolute Gasteiger partial charge is 0.147 e. The van der Waals surface area contributed by atoms with Crippen LogP contribution < -0.4 is 0 Å². The molecule has 24 heavy (non-hydrogen) atoms. The third kappa shape index (κ3) is 4.26. The fourth-order valence-electron chi connectivity index (χ4n) is 3.73. The van der Waals surface area contributed by atoms with E-state index in [4.69, 9.17) is 0 Å². The molecule has 0 amide bonds. The van der Waals surface area contributed by atoms with E-state index in [-0.39, 0.29) is 35.7 Å². The normalized spacial score (nSPS) is 18.1. The van der Waals surface area contributed by atoms with Gasteiger partial charge in [-0.2, -0.15) is 0 Å². The molecule has 0 aromatic heterocycles. The van der Waals surface area contributed by atoms with Crippen molar-refractivity contribution >= 4 is 35.8 Å². The summed E-state index contributed by atoms with van der Waals surface area (Å²) in [7, 11) is 0. The van der Waals surface area contributed by atoms with Gasteiger partial charge in [0.05, 0.1) is 0 Å². The van der Waals surface area contributed by atoms with E-state index in [0.29, 0.717) is 0 Å². The Kier molecular flexibility index (Phi) is 8.01. The van der Waals surface area contributed by atoms with Gasteiger partial charge < -0.3 is 0 Å². The monoisotopic (exact) mass is 456 g/mol. The van der Waals surface area contributed by atoms with Crippen molar-refractivity contribution in [2.24, 2.45) is 5.41 Å². The van der Waals surface area contributed by atoms with Gasteiger partial charge in [0.1, 0.15) is 0 Å². The summed E-state index contributed by atoms with van der Waals surface area (Å²) in [6.45, 7) is 12.2. The molecule has 1 aromatic rings. The Bertz CT molecular complexity index is 732. The second-order valence-electron chi connectivity index (χ2n) is 7.63. The fraction of sp³-hybridized carbons (Fsp3) is 0.400. The zero-order valence-electron chi connectivity index (χ0n) is 15.2. The minimum Gasteiger partial charge on any atom is -0.147 e. The number of hydrogen-bond acceptors (Lipinski definition) is 0. The fourth-order valence-corrected chi connectivity index (χ4v) is 21.5. The van der Waals surface area contributed by atoms with Crippen LogP contribution in [-0.2, 0) is 20.4 Å². The van der Waals surface area contributed by atoms with Gasteiger partial charge in [0.15, 0.2) is 0 Å². The first kappa shape index (κ1) is 22.2. The predicted octanol–water partition coefficient (Wildman–Crippen LogP) is 6.73.